The molecule has 0 heterocycles. The van der Waals surface area contributed by atoms with Crippen LogP contribution in [0.3, 0.4) is 0 Å². The molecule has 0 fully saturated rings. The Morgan fingerprint density at radius 2 is 1.59 bits per heavy atom. The van der Waals surface area contributed by atoms with Crippen LogP contribution in [0.25, 0.3) is 0 Å². The molecule has 1 N–H and O–H groups in total. The van der Waals surface area contributed by atoms with Crippen molar-refractivity contribution in [1.82, 2.24) is 0 Å². The number of benzene rings is 2. The number of rotatable bonds is 4. The maximum Gasteiger partial charge on any atom is 0.262 e. The van der Waals surface area contributed by atoms with Gasteiger partial charge in [-0.25, -0.2) is 8.42 Å². The minimum Gasteiger partial charge on any atom is -0.545 e. The van der Waals surface area contributed by atoms with E-state index in [1.165, 1.54) is 12.1 Å². The summed E-state index contributed by atoms with van der Waals surface area (Å²) in [6, 6.07) is 9.22. The van der Waals surface area contributed by atoms with E-state index in [-0.39, 0.29) is 10.5 Å². The third-order valence-corrected chi connectivity index (χ3v) is 4.71. The molecule has 116 valence electrons. The number of sulfonamides is 1. The number of aryl methyl sites for hydroxylation is 3. The zero-order valence-electron chi connectivity index (χ0n) is 12.5. The largest absolute Gasteiger partial charge is 0.545 e. The number of carbonyl (C=O) groups is 1. The van der Waals surface area contributed by atoms with Gasteiger partial charge in [0.2, 0.25) is 0 Å². The van der Waals surface area contributed by atoms with Gasteiger partial charge in [0.15, 0.2) is 0 Å². The molecule has 0 aliphatic rings. The summed E-state index contributed by atoms with van der Waals surface area (Å²) in [7, 11) is -3.87. The van der Waals surface area contributed by atoms with Crippen LogP contribution in [0.5, 0.6) is 0 Å². The number of carbonyl (C=O) groups excluding carboxylic acids is 1. The zero-order valence-corrected chi connectivity index (χ0v) is 13.3. The highest BCUT2D eigenvalue weighted by Gasteiger charge is 2.18. The normalized spacial score (nSPS) is 11.2. The van der Waals surface area contributed by atoms with Crippen molar-refractivity contribution in [3.05, 3.63) is 58.7 Å². The lowest BCUT2D eigenvalue weighted by Crippen LogP contribution is -2.23. The first-order chi connectivity index (χ1) is 10.2. The Labute approximate surface area is 129 Å². The van der Waals surface area contributed by atoms with E-state index in [4.69, 9.17) is 0 Å². The van der Waals surface area contributed by atoms with E-state index < -0.39 is 16.0 Å². The van der Waals surface area contributed by atoms with E-state index in [1.807, 2.05) is 19.9 Å². The van der Waals surface area contributed by atoms with Gasteiger partial charge in [0.05, 0.1) is 10.9 Å². The Morgan fingerprint density at radius 3 is 2.14 bits per heavy atom. The molecule has 0 bridgehead atoms. The fourth-order valence-electron chi connectivity index (χ4n) is 2.26. The van der Waals surface area contributed by atoms with Crippen LogP contribution in [-0.2, 0) is 10.0 Å². The number of aromatic carboxylic acids is 1. The van der Waals surface area contributed by atoms with Crippen molar-refractivity contribution in [2.24, 2.45) is 0 Å². The number of nitrogens with one attached hydrogen (secondary N) is 1. The van der Waals surface area contributed by atoms with E-state index >= 15 is 0 Å². The number of anilines is 1. The van der Waals surface area contributed by atoms with Crippen molar-refractivity contribution in [2.45, 2.75) is 25.7 Å². The summed E-state index contributed by atoms with van der Waals surface area (Å²) in [5.41, 5.74) is 2.58. The molecule has 0 radical (unpaired) electrons. The van der Waals surface area contributed by atoms with Crippen molar-refractivity contribution < 1.29 is 18.3 Å². The third-order valence-electron chi connectivity index (χ3n) is 3.19. The van der Waals surface area contributed by atoms with Gasteiger partial charge in [-0.3, -0.25) is 4.72 Å². The second kappa shape index (κ2) is 5.81. The monoisotopic (exact) mass is 318 g/mol. The van der Waals surface area contributed by atoms with Crippen LogP contribution in [0.4, 0.5) is 5.69 Å². The Hall–Kier alpha value is -2.34. The van der Waals surface area contributed by atoms with Gasteiger partial charge in [0.25, 0.3) is 10.0 Å². The maximum absolute atomic E-state index is 12.5. The van der Waals surface area contributed by atoms with Crippen molar-refractivity contribution in [1.29, 1.82) is 0 Å². The molecular formula is C16H16NO4S-. The predicted octanol–water partition coefficient (Wildman–Crippen LogP) is 1.78. The van der Waals surface area contributed by atoms with Gasteiger partial charge in [-0.15, -0.1) is 0 Å². The smallest absolute Gasteiger partial charge is 0.262 e. The number of carboxylic acid groups (broad SMARTS) is 1. The summed E-state index contributed by atoms with van der Waals surface area (Å²) in [5.74, 6) is -1.41. The van der Waals surface area contributed by atoms with E-state index in [0.29, 0.717) is 11.3 Å². The van der Waals surface area contributed by atoms with E-state index in [9.17, 15) is 18.3 Å². The first-order valence-electron chi connectivity index (χ1n) is 6.62. The Morgan fingerprint density at radius 1 is 1.00 bits per heavy atom. The summed E-state index contributed by atoms with van der Waals surface area (Å²) in [4.78, 5) is 10.8. The molecular weight excluding hydrogens is 302 g/mol. The molecule has 5 nitrogen and oxygen atoms in total. The first-order valence-corrected chi connectivity index (χ1v) is 8.10. The van der Waals surface area contributed by atoms with Gasteiger partial charge < -0.3 is 9.90 Å². The predicted molar refractivity (Wildman–Crippen MR) is 82.2 cm³/mol. The standard InChI is InChI=1S/C16H17NO4S/c1-10-6-11(2)8-14(7-10)17-22(20,21)15-9-13(16(18)19)5-4-12(15)3/h4-9,17H,1-3H3,(H,18,19)/p-1. The van der Waals surface area contributed by atoms with Gasteiger partial charge in [0, 0.05) is 5.69 Å². The van der Waals surface area contributed by atoms with Crippen LogP contribution < -0.4 is 9.83 Å². The Kier molecular flexibility index (Phi) is 4.23. The Bertz CT molecular complexity index is 821. The molecule has 0 aliphatic heterocycles. The minimum atomic E-state index is -3.87. The van der Waals surface area contributed by atoms with Gasteiger partial charge in [-0.05, 0) is 61.2 Å². The summed E-state index contributed by atoms with van der Waals surface area (Å²) < 4.78 is 27.5. The lowest BCUT2D eigenvalue weighted by Gasteiger charge is -2.13. The number of hydrogen-bond donors (Lipinski definition) is 1. The average molecular weight is 318 g/mol. The fraction of sp³-hybridized carbons (Fsp3) is 0.188. The summed E-state index contributed by atoms with van der Waals surface area (Å²) in [6.45, 7) is 5.34. The molecule has 6 heteroatoms. The van der Waals surface area contributed by atoms with Crippen molar-refractivity contribution in [3.63, 3.8) is 0 Å². The molecule has 2 aromatic rings. The van der Waals surface area contributed by atoms with Crippen LogP contribution in [0, 0.1) is 20.8 Å². The van der Waals surface area contributed by atoms with Gasteiger partial charge >= 0.3 is 0 Å². The van der Waals surface area contributed by atoms with Crippen LogP contribution >= 0.6 is 0 Å². The van der Waals surface area contributed by atoms with Crippen molar-refractivity contribution in [3.8, 4) is 0 Å². The summed E-state index contributed by atoms with van der Waals surface area (Å²) in [6.07, 6.45) is 0. The molecule has 0 aliphatic carbocycles. The molecule has 0 atom stereocenters. The molecule has 22 heavy (non-hydrogen) atoms. The quantitative estimate of drug-likeness (QED) is 0.931. The topological polar surface area (TPSA) is 86.3 Å². The second-order valence-electron chi connectivity index (χ2n) is 5.25. The second-order valence-corrected chi connectivity index (χ2v) is 6.90. The first kappa shape index (κ1) is 16.0. The Balaban J connectivity index is 2.46. The van der Waals surface area contributed by atoms with E-state index in [0.717, 1.165) is 17.2 Å². The van der Waals surface area contributed by atoms with Crippen LogP contribution in [0.2, 0.25) is 0 Å². The molecule has 0 saturated carbocycles. The highest BCUT2D eigenvalue weighted by molar-refractivity contribution is 7.92. The molecule has 0 aromatic heterocycles. The number of hydrogen-bond acceptors (Lipinski definition) is 4. The minimum absolute atomic E-state index is 0.0756. The lowest BCUT2D eigenvalue weighted by atomic mass is 10.1. The number of carboxylic acids is 1. The third kappa shape index (κ3) is 3.46. The SMILES string of the molecule is Cc1cc(C)cc(NS(=O)(=O)c2cc(C(=O)[O-])ccc2C)c1. The molecule has 0 unspecified atom stereocenters. The molecule has 0 saturated heterocycles. The summed E-state index contributed by atoms with van der Waals surface area (Å²) >= 11 is 0. The highest BCUT2D eigenvalue weighted by Crippen LogP contribution is 2.22. The highest BCUT2D eigenvalue weighted by atomic mass is 32.2. The maximum atomic E-state index is 12.5. The van der Waals surface area contributed by atoms with Crippen LogP contribution in [0.15, 0.2) is 41.3 Å². The lowest BCUT2D eigenvalue weighted by molar-refractivity contribution is -0.255. The van der Waals surface area contributed by atoms with Crippen LogP contribution in [0.1, 0.15) is 27.0 Å². The van der Waals surface area contributed by atoms with E-state index in [1.54, 1.807) is 19.1 Å². The van der Waals surface area contributed by atoms with Gasteiger partial charge in [-0.2, -0.15) is 0 Å². The van der Waals surface area contributed by atoms with Crippen molar-refractivity contribution in [2.75, 3.05) is 4.72 Å². The van der Waals surface area contributed by atoms with Crippen molar-refractivity contribution >= 4 is 21.7 Å². The van der Waals surface area contributed by atoms with Crippen LogP contribution in [-0.4, -0.2) is 14.4 Å². The summed E-state index contributed by atoms with van der Waals surface area (Å²) in [5, 5.41) is 10.9. The van der Waals surface area contributed by atoms with Gasteiger partial charge in [0.1, 0.15) is 0 Å². The molecule has 0 spiro atoms. The molecule has 0 amide bonds. The fourth-order valence-corrected chi connectivity index (χ4v) is 3.57. The zero-order chi connectivity index (χ0) is 16.5. The van der Waals surface area contributed by atoms with Gasteiger partial charge in [-0.1, -0.05) is 18.2 Å². The molecule has 2 aromatic carbocycles. The average Bonchev–Trinajstić information content (AvgIpc) is 2.36. The van der Waals surface area contributed by atoms with E-state index in [2.05, 4.69) is 4.72 Å². The molecule has 2 rings (SSSR count).